The summed E-state index contributed by atoms with van der Waals surface area (Å²) in [5.74, 6) is 0.512. The summed E-state index contributed by atoms with van der Waals surface area (Å²) in [6, 6.07) is 13.3. The first-order valence-electron chi connectivity index (χ1n) is 7.09. The van der Waals surface area contributed by atoms with Crippen molar-refractivity contribution in [2.45, 2.75) is 13.5 Å². The Labute approximate surface area is 128 Å². The van der Waals surface area contributed by atoms with E-state index in [-0.39, 0.29) is 12.5 Å². The van der Waals surface area contributed by atoms with Crippen LogP contribution in [0.25, 0.3) is 5.65 Å². The summed E-state index contributed by atoms with van der Waals surface area (Å²) in [4.78, 5) is 16.3. The number of nitrogens with one attached hydrogen (secondary N) is 1. The lowest BCUT2D eigenvalue weighted by Crippen LogP contribution is -2.28. The van der Waals surface area contributed by atoms with Gasteiger partial charge in [-0.1, -0.05) is 18.2 Å². The molecule has 3 rings (SSSR count). The van der Waals surface area contributed by atoms with Gasteiger partial charge in [-0.15, -0.1) is 0 Å². The molecule has 112 valence electrons. The minimum atomic E-state index is -0.169. The molecule has 1 aromatic carbocycles. The van der Waals surface area contributed by atoms with Crippen LogP contribution in [0.15, 0.2) is 54.9 Å². The van der Waals surface area contributed by atoms with E-state index in [0.29, 0.717) is 12.3 Å². The smallest absolute Gasteiger partial charge is 0.258 e. The second-order valence-corrected chi connectivity index (χ2v) is 5.08. The fraction of sp³-hybridized carbons (Fsp3) is 0.176. The molecule has 0 spiro atoms. The molecule has 1 amide bonds. The monoisotopic (exact) mass is 295 g/mol. The number of fused-ring (bicyclic) bond motifs is 1. The second-order valence-electron chi connectivity index (χ2n) is 5.08. The molecule has 0 unspecified atom stereocenters. The lowest BCUT2D eigenvalue weighted by molar-refractivity contribution is -0.123. The van der Waals surface area contributed by atoms with Crippen LogP contribution in [0.3, 0.4) is 0 Å². The van der Waals surface area contributed by atoms with Gasteiger partial charge in [0.05, 0.1) is 12.2 Å². The number of aromatic nitrogens is 2. The van der Waals surface area contributed by atoms with Gasteiger partial charge in [0.15, 0.2) is 6.61 Å². The Balaban J connectivity index is 1.53. The van der Waals surface area contributed by atoms with Gasteiger partial charge < -0.3 is 14.5 Å². The number of carbonyl (C=O) groups excluding carboxylic acids is 1. The van der Waals surface area contributed by atoms with E-state index in [0.717, 1.165) is 16.9 Å². The van der Waals surface area contributed by atoms with E-state index >= 15 is 0 Å². The average molecular weight is 295 g/mol. The topological polar surface area (TPSA) is 55.6 Å². The number of benzene rings is 1. The first-order valence-corrected chi connectivity index (χ1v) is 7.09. The summed E-state index contributed by atoms with van der Waals surface area (Å²) in [5, 5.41) is 2.81. The molecule has 1 N–H and O–H groups in total. The highest BCUT2D eigenvalue weighted by Gasteiger charge is 2.05. The SMILES string of the molecule is Cc1ccn2cc(CNC(=O)COc3ccccc3)nc2c1. The number of carbonyl (C=O) groups is 1. The van der Waals surface area contributed by atoms with Crippen LogP contribution < -0.4 is 10.1 Å². The molecule has 3 aromatic rings. The second kappa shape index (κ2) is 6.30. The van der Waals surface area contributed by atoms with Crippen molar-refractivity contribution in [3.05, 3.63) is 66.1 Å². The van der Waals surface area contributed by atoms with Crippen molar-refractivity contribution in [1.29, 1.82) is 0 Å². The first kappa shape index (κ1) is 14.1. The molecule has 2 aromatic heterocycles. The maximum absolute atomic E-state index is 11.8. The van der Waals surface area contributed by atoms with E-state index in [1.54, 1.807) is 0 Å². The zero-order valence-electron chi connectivity index (χ0n) is 12.3. The standard InChI is InChI=1S/C17H17N3O2/c1-13-7-8-20-11-14(19-16(20)9-13)10-18-17(21)12-22-15-5-3-2-4-6-15/h2-9,11H,10,12H2,1H3,(H,18,21). The average Bonchev–Trinajstić information content (AvgIpc) is 2.94. The van der Waals surface area contributed by atoms with E-state index in [1.165, 1.54) is 0 Å². The summed E-state index contributed by atoms with van der Waals surface area (Å²) in [7, 11) is 0. The number of hydrogen-bond acceptors (Lipinski definition) is 3. The number of aryl methyl sites for hydroxylation is 1. The number of imidazole rings is 1. The number of rotatable bonds is 5. The Morgan fingerprint density at radius 1 is 1.27 bits per heavy atom. The van der Waals surface area contributed by atoms with Crippen LogP contribution in [0.5, 0.6) is 5.75 Å². The van der Waals surface area contributed by atoms with Crippen LogP contribution in [0.4, 0.5) is 0 Å². The van der Waals surface area contributed by atoms with Crippen LogP contribution >= 0.6 is 0 Å². The molecule has 0 saturated carbocycles. The highest BCUT2D eigenvalue weighted by molar-refractivity contribution is 5.77. The Kier molecular flexibility index (Phi) is 4.05. The summed E-state index contributed by atoms with van der Waals surface area (Å²) >= 11 is 0. The molecule has 2 heterocycles. The molecule has 5 nitrogen and oxygen atoms in total. The van der Waals surface area contributed by atoms with Gasteiger partial charge in [0.25, 0.3) is 5.91 Å². The minimum Gasteiger partial charge on any atom is -0.484 e. The number of nitrogens with zero attached hydrogens (tertiary/aromatic N) is 2. The summed E-state index contributed by atoms with van der Waals surface area (Å²) in [6.45, 7) is 2.41. The third-order valence-electron chi connectivity index (χ3n) is 3.25. The normalized spacial score (nSPS) is 10.6. The van der Waals surface area contributed by atoms with E-state index in [4.69, 9.17) is 4.74 Å². The van der Waals surface area contributed by atoms with E-state index in [2.05, 4.69) is 10.3 Å². The molecule has 0 bridgehead atoms. The van der Waals surface area contributed by atoms with Gasteiger partial charge in [-0.25, -0.2) is 4.98 Å². The number of hydrogen-bond donors (Lipinski definition) is 1. The lowest BCUT2D eigenvalue weighted by Gasteiger charge is -2.06. The number of amides is 1. The predicted molar refractivity (Wildman–Crippen MR) is 83.7 cm³/mol. The molecular weight excluding hydrogens is 278 g/mol. The van der Waals surface area contributed by atoms with E-state index < -0.39 is 0 Å². The fourth-order valence-electron chi connectivity index (χ4n) is 2.13. The van der Waals surface area contributed by atoms with Crippen molar-refractivity contribution < 1.29 is 9.53 Å². The molecule has 5 heteroatoms. The summed E-state index contributed by atoms with van der Waals surface area (Å²) < 4.78 is 7.33. The molecule has 0 radical (unpaired) electrons. The summed E-state index contributed by atoms with van der Waals surface area (Å²) in [5.41, 5.74) is 2.85. The van der Waals surface area contributed by atoms with Crippen molar-refractivity contribution >= 4 is 11.6 Å². The lowest BCUT2D eigenvalue weighted by atomic mass is 10.3. The molecule has 0 fully saturated rings. The van der Waals surface area contributed by atoms with Gasteiger partial charge in [-0.3, -0.25) is 4.79 Å². The van der Waals surface area contributed by atoms with Crippen LogP contribution in [0.1, 0.15) is 11.3 Å². The Morgan fingerprint density at radius 3 is 2.91 bits per heavy atom. The van der Waals surface area contributed by atoms with Gasteiger partial charge in [-0.2, -0.15) is 0 Å². The zero-order chi connectivity index (χ0) is 15.4. The van der Waals surface area contributed by atoms with Gasteiger partial charge in [0, 0.05) is 12.4 Å². The molecule has 0 aliphatic rings. The quantitative estimate of drug-likeness (QED) is 0.786. The molecular formula is C17H17N3O2. The van der Waals surface area contributed by atoms with Crippen LogP contribution in [0.2, 0.25) is 0 Å². The van der Waals surface area contributed by atoms with Gasteiger partial charge >= 0.3 is 0 Å². The first-order chi connectivity index (χ1) is 10.7. The van der Waals surface area contributed by atoms with Crippen LogP contribution in [0, 0.1) is 6.92 Å². The highest BCUT2D eigenvalue weighted by atomic mass is 16.5. The number of ether oxygens (including phenoxy) is 1. The number of pyridine rings is 1. The van der Waals surface area contributed by atoms with Gasteiger partial charge in [0.2, 0.25) is 0 Å². The zero-order valence-corrected chi connectivity index (χ0v) is 12.3. The Morgan fingerprint density at radius 2 is 2.09 bits per heavy atom. The molecule has 0 saturated heterocycles. The summed E-state index contributed by atoms with van der Waals surface area (Å²) in [6.07, 6.45) is 3.87. The van der Waals surface area contributed by atoms with E-state index in [1.807, 2.05) is 66.2 Å². The maximum Gasteiger partial charge on any atom is 0.258 e. The molecule has 22 heavy (non-hydrogen) atoms. The third-order valence-corrected chi connectivity index (χ3v) is 3.25. The van der Waals surface area contributed by atoms with Gasteiger partial charge in [0.1, 0.15) is 11.4 Å². The van der Waals surface area contributed by atoms with Crippen molar-refractivity contribution in [2.24, 2.45) is 0 Å². The van der Waals surface area contributed by atoms with Gasteiger partial charge in [-0.05, 0) is 36.8 Å². The molecule has 0 aliphatic heterocycles. The number of para-hydroxylation sites is 1. The minimum absolute atomic E-state index is 0.00348. The maximum atomic E-state index is 11.8. The van der Waals surface area contributed by atoms with Crippen LogP contribution in [-0.4, -0.2) is 21.9 Å². The Bertz CT molecular complexity index is 781. The molecule has 0 aliphatic carbocycles. The van der Waals surface area contributed by atoms with Crippen LogP contribution in [-0.2, 0) is 11.3 Å². The fourth-order valence-corrected chi connectivity index (χ4v) is 2.13. The van der Waals surface area contributed by atoms with Crippen molar-refractivity contribution in [1.82, 2.24) is 14.7 Å². The molecule has 0 atom stereocenters. The largest absolute Gasteiger partial charge is 0.484 e. The van der Waals surface area contributed by atoms with E-state index in [9.17, 15) is 4.79 Å². The Hall–Kier alpha value is -2.82. The van der Waals surface area contributed by atoms with Crippen molar-refractivity contribution in [2.75, 3.05) is 6.61 Å². The van der Waals surface area contributed by atoms with Crippen molar-refractivity contribution in [3.63, 3.8) is 0 Å². The predicted octanol–water partition coefficient (Wildman–Crippen LogP) is 2.34. The van der Waals surface area contributed by atoms with Crippen molar-refractivity contribution in [3.8, 4) is 5.75 Å². The third kappa shape index (κ3) is 3.44. The highest BCUT2D eigenvalue weighted by Crippen LogP contribution is 2.08.